The second kappa shape index (κ2) is 4.61. The average molecular weight is 245 g/mol. The highest BCUT2D eigenvalue weighted by atomic mass is 16.1. The van der Waals surface area contributed by atoms with Crippen LogP contribution in [0.15, 0.2) is 23.0 Å². The van der Waals surface area contributed by atoms with E-state index >= 15 is 0 Å². The number of aromatic nitrogens is 2. The van der Waals surface area contributed by atoms with Gasteiger partial charge in [0.1, 0.15) is 0 Å². The summed E-state index contributed by atoms with van der Waals surface area (Å²) in [7, 11) is 2.02. The molecule has 0 aliphatic heterocycles. The zero-order chi connectivity index (χ0) is 12.5. The maximum absolute atomic E-state index is 11.3. The zero-order valence-electron chi connectivity index (χ0n) is 10.6. The van der Waals surface area contributed by atoms with Crippen LogP contribution < -0.4 is 11.0 Å². The topological polar surface area (TPSA) is 60.7 Å². The lowest BCUT2D eigenvalue weighted by Crippen LogP contribution is -2.23. The van der Waals surface area contributed by atoms with Crippen molar-refractivity contribution in [2.24, 2.45) is 5.92 Å². The Kier molecular flexibility index (Phi) is 2.96. The molecule has 1 aromatic heterocycles. The Labute approximate surface area is 106 Å². The minimum absolute atomic E-state index is 0.135. The van der Waals surface area contributed by atoms with Crippen molar-refractivity contribution in [3.8, 4) is 0 Å². The molecule has 18 heavy (non-hydrogen) atoms. The van der Waals surface area contributed by atoms with E-state index < -0.39 is 0 Å². The number of nitrogens with one attached hydrogen (secondary N) is 3. The standard InChI is InChI=1S/C14H19N3O/c1-15-13(9-4-2-3-5-9)10-6-7-11-12(8-10)17-14(18)16-11/h6-9,13,15H,2-5H2,1H3,(H2,16,17,18). The van der Waals surface area contributed by atoms with Crippen molar-refractivity contribution in [3.63, 3.8) is 0 Å². The number of hydrogen-bond donors (Lipinski definition) is 3. The van der Waals surface area contributed by atoms with E-state index in [4.69, 9.17) is 0 Å². The first-order valence-corrected chi connectivity index (χ1v) is 6.67. The summed E-state index contributed by atoms with van der Waals surface area (Å²) >= 11 is 0. The van der Waals surface area contributed by atoms with Gasteiger partial charge in [-0.3, -0.25) is 0 Å². The fraction of sp³-hybridized carbons (Fsp3) is 0.500. The van der Waals surface area contributed by atoms with Crippen molar-refractivity contribution in [1.29, 1.82) is 0 Å². The van der Waals surface area contributed by atoms with Gasteiger partial charge in [-0.05, 0) is 43.5 Å². The van der Waals surface area contributed by atoms with E-state index in [0.717, 1.165) is 17.0 Å². The highest BCUT2D eigenvalue weighted by Gasteiger charge is 2.25. The minimum atomic E-state index is -0.135. The Bertz CT molecular complexity index is 592. The molecule has 1 fully saturated rings. The van der Waals surface area contributed by atoms with Gasteiger partial charge in [0.2, 0.25) is 0 Å². The molecule has 0 bridgehead atoms. The molecule has 1 aromatic carbocycles. The normalized spacial score (nSPS) is 18.5. The molecule has 1 aliphatic carbocycles. The number of rotatable bonds is 3. The number of hydrogen-bond acceptors (Lipinski definition) is 2. The van der Waals surface area contributed by atoms with Crippen molar-refractivity contribution < 1.29 is 0 Å². The van der Waals surface area contributed by atoms with Crippen LogP contribution in [0.4, 0.5) is 0 Å². The van der Waals surface area contributed by atoms with Gasteiger partial charge in [0.15, 0.2) is 0 Å². The van der Waals surface area contributed by atoms with Crippen molar-refractivity contribution in [1.82, 2.24) is 15.3 Å². The van der Waals surface area contributed by atoms with Crippen LogP contribution in [0.2, 0.25) is 0 Å². The first-order chi connectivity index (χ1) is 8.78. The molecule has 3 rings (SSSR count). The van der Waals surface area contributed by atoms with E-state index in [0.29, 0.717) is 6.04 Å². The number of H-pyrrole nitrogens is 2. The molecule has 4 heteroatoms. The molecule has 1 atom stereocenters. The Morgan fingerprint density at radius 3 is 2.67 bits per heavy atom. The quantitative estimate of drug-likeness (QED) is 0.777. The van der Waals surface area contributed by atoms with Gasteiger partial charge in [-0.15, -0.1) is 0 Å². The van der Waals surface area contributed by atoms with Crippen LogP contribution in [0.25, 0.3) is 11.0 Å². The molecule has 1 heterocycles. The summed E-state index contributed by atoms with van der Waals surface area (Å²) < 4.78 is 0. The van der Waals surface area contributed by atoms with Crippen LogP contribution in [0.3, 0.4) is 0 Å². The summed E-state index contributed by atoms with van der Waals surface area (Å²) in [5, 5.41) is 3.43. The third kappa shape index (κ3) is 1.97. The van der Waals surface area contributed by atoms with Crippen LogP contribution in [-0.4, -0.2) is 17.0 Å². The smallest absolute Gasteiger partial charge is 0.313 e. The van der Waals surface area contributed by atoms with Crippen LogP contribution >= 0.6 is 0 Å². The molecular formula is C14H19N3O. The second-order valence-electron chi connectivity index (χ2n) is 5.20. The monoisotopic (exact) mass is 245 g/mol. The van der Waals surface area contributed by atoms with E-state index in [-0.39, 0.29) is 5.69 Å². The second-order valence-corrected chi connectivity index (χ2v) is 5.20. The van der Waals surface area contributed by atoms with Crippen LogP contribution in [0.5, 0.6) is 0 Å². The first kappa shape index (κ1) is 11.5. The van der Waals surface area contributed by atoms with Gasteiger partial charge in [-0.1, -0.05) is 18.9 Å². The maximum Gasteiger partial charge on any atom is 0.323 e. The fourth-order valence-corrected chi connectivity index (χ4v) is 3.21. The Balaban J connectivity index is 1.98. The summed E-state index contributed by atoms with van der Waals surface area (Å²) in [4.78, 5) is 16.9. The third-order valence-corrected chi connectivity index (χ3v) is 4.08. The molecule has 1 unspecified atom stereocenters. The summed E-state index contributed by atoms with van der Waals surface area (Å²) in [6, 6.07) is 6.59. The number of benzene rings is 1. The van der Waals surface area contributed by atoms with Crippen molar-refractivity contribution in [3.05, 3.63) is 34.2 Å². The predicted octanol–water partition coefficient (Wildman–Crippen LogP) is 2.31. The first-order valence-electron chi connectivity index (χ1n) is 6.67. The molecule has 0 spiro atoms. The molecule has 0 saturated heterocycles. The summed E-state index contributed by atoms with van der Waals surface area (Å²) in [5.74, 6) is 0.720. The lowest BCUT2D eigenvalue weighted by Gasteiger charge is -2.23. The molecular weight excluding hydrogens is 226 g/mol. The lowest BCUT2D eigenvalue weighted by molar-refractivity contribution is 0.390. The van der Waals surface area contributed by atoms with Gasteiger partial charge in [0.05, 0.1) is 11.0 Å². The Morgan fingerprint density at radius 2 is 1.94 bits per heavy atom. The summed E-state index contributed by atoms with van der Waals surface area (Å²) in [6.07, 6.45) is 5.28. The highest BCUT2D eigenvalue weighted by Crippen LogP contribution is 2.35. The predicted molar refractivity (Wildman–Crippen MR) is 72.7 cm³/mol. The zero-order valence-corrected chi connectivity index (χ0v) is 10.6. The molecule has 1 aliphatic rings. The van der Waals surface area contributed by atoms with E-state index in [1.165, 1.54) is 31.2 Å². The maximum atomic E-state index is 11.3. The van der Waals surface area contributed by atoms with E-state index in [9.17, 15) is 4.79 Å². The van der Waals surface area contributed by atoms with Crippen molar-refractivity contribution in [2.45, 2.75) is 31.7 Å². The van der Waals surface area contributed by atoms with Crippen molar-refractivity contribution >= 4 is 11.0 Å². The van der Waals surface area contributed by atoms with E-state index in [1.54, 1.807) is 0 Å². The van der Waals surface area contributed by atoms with Gasteiger partial charge >= 0.3 is 5.69 Å². The minimum Gasteiger partial charge on any atom is -0.313 e. The third-order valence-electron chi connectivity index (χ3n) is 4.08. The van der Waals surface area contributed by atoms with Crippen LogP contribution in [0, 0.1) is 5.92 Å². The fourth-order valence-electron chi connectivity index (χ4n) is 3.21. The molecule has 3 N–H and O–H groups in total. The SMILES string of the molecule is CNC(c1ccc2[nH]c(=O)[nH]c2c1)C1CCCC1. The lowest BCUT2D eigenvalue weighted by atomic mass is 9.91. The van der Waals surface area contributed by atoms with Gasteiger partial charge < -0.3 is 15.3 Å². The van der Waals surface area contributed by atoms with Crippen LogP contribution in [0.1, 0.15) is 37.3 Å². The van der Waals surface area contributed by atoms with Gasteiger partial charge in [-0.2, -0.15) is 0 Å². The number of fused-ring (bicyclic) bond motifs is 1. The van der Waals surface area contributed by atoms with E-state index in [1.807, 2.05) is 13.1 Å². The Morgan fingerprint density at radius 1 is 1.22 bits per heavy atom. The van der Waals surface area contributed by atoms with Gasteiger partial charge in [-0.25, -0.2) is 4.79 Å². The molecule has 0 amide bonds. The average Bonchev–Trinajstić information content (AvgIpc) is 2.97. The Hall–Kier alpha value is -1.55. The largest absolute Gasteiger partial charge is 0.323 e. The number of imidazole rings is 1. The van der Waals surface area contributed by atoms with Gasteiger partial charge in [0, 0.05) is 6.04 Å². The van der Waals surface area contributed by atoms with Gasteiger partial charge in [0.25, 0.3) is 0 Å². The molecule has 4 nitrogen and oxygen atoms in total. The summed E-state index contributed by atoms with van der Waals surface area (Å²) in [5.41, 5.74) is 2.91. The molecule has 0 radical (unpaired) electrons. The van der Waals surface area contributed by atoms with Crippen molar-refractivity contribution in [2.75, 3.05) is 7.05 Å². The highest BCUT2D eigenvalue weighted by molar-refractivity contribution is 5.75. The summed E-state index contributed by atoms with van der Waals surface area (Å²) in [6.45, 7) is 0. The molecule has 1 saturated carbocycles. The van der Waals surface area contributed by atoms with E-state index in [2.05, 4.69) is 27.4 Å². The molecule has 2 aromatic rings. The number of aromatic amines is 2. The van der Waals surface area contributed by atoms with Crippen LogP contribution in [-0.2, 0) is 0 Å². The molecule has 96 valence electrons.